The highest BCUT2D eigenvalue weighted by Crippen LogP contribution is 2.24. The molecule has 5 heteroatoms. The molecule has 0 unspecified atom stereocenters. The summed E-state index contributed by atoms with van der Waals surface area (Å²) in [6.45, 7) is 0. The topological polar surface area (TPSA) is 61.1 Å². The van der Waals surface area contributed by atoms with Crippen LogP contribution in [0.1, 0.15) is 21.5 Å². The van der Waals surface area contributed by atoms with Crippen LogP contribution in [-0.4, -0.2) is 11.1 Å². The zero-order valence-electron chi connectivity index (χ0n) is 6.92. The van der Waals surface area contributed by atoms with Crippen LogP contribution in [0.3, 0.4) is 0 Å². The monoisotopic (exact) mass is 273 g/mol. The highest BCUT2D eigenvalue weighted by atomic mass is 79.9. The standard InChI is InChI=1S/C9H5BrClNO2/c10-3-7-6(9(13)14)1-5(4-12)2-8(7)11/h1-2H,3H2,(H,13,14). The molecular weight excluding hydrogens is 269 g/mol. The van der Waals surface area contributed by atoms with Gasteiger partial charge in [0.15, 0.2) is 0 Å². The number of carboxylic acids is 1. The smallest absolute Gasteiger partial charge is 0.336 e. The number of benzene rings is 1. The average Bonchev–Trinajstić information content (AvgIpc) is 2.16. The lowest BCUT2D eigenvalue weighted by atomic mass is 10.1. The summed E-state index contributed by atoms with van der Waals surface area (Å²) in [5, 5.41) is 18.1. The molecular formula is C9H5BrClNO2. The van der Waals surface area contributed by atoms with Gasteiger partial charge in [-0.15, -0.1) is 0 Å². The number of hydrogen-bond donors (Lipinski definition) is 1. The summed E-state index contributed by atoms with van der Waals surface area (Å²) in [4.78, 5) is 10.8. The molecule has 0 heterocycles. The minimum absolute atomic E-state index is 0.0610. The van der Waals surface area contributed by atoms with Crippen molar-refractivity contribution >= 4 is 33.5 Å². The van der Waals surface area contributed by atoms with E-state index < -0.39 is 5.97 Å². The van der Waals surface area contributed by atoms with E-state index in [0.29, 0.717) is 15.9 Å². The van der Waals surface area contributed by atoms with Crippen LogP contribution in [0.15, 0.2) is 12.1 Å². The summed E-state index contributed by atoms with van der Waals surface area (Å²) < 4.78 is 0. The van der Waals surface area contributed by atoms with E-state index >= 15 is 0 Å². The average molecular weight is 275 g/mol. The summed E-state index contributed by atoms with van der Waals surface area (Å²) in [6, 6.07) is 4.61. The predicted molar refractivity (Wildman–Crippen MR) is 55.8 cm³/mol. The van der Waals surface area contributed by atoms with Crippen molar-refractivity contribution in [2.45, 2.75) is 5.33 Å². The van der Waals surface area contributed by atoms with Crippen molar-refractivity contribution in [3.05, 3.63) is 33.8 Å². The van der Waals surface area contributed by atoms with E-state index in [1.54, 1.807) is 0 Å². The fourth-order valence-electron chi connectivity index (χ4n) is 1.03. The van der Waals surface area contributed by atoms with Gasteiger partial charge in [-0.25, -0.2) is 4.79 Å². The molecule has 14 heavy (non-hydrogen) atoms. The molecule has 0 amide bonds. The maximum absolute atomic E-state index is 10.8. The summed E-state index contributed by atoms with van der Waals surface area (Å²) in [5.41, 5.74) is 0.793. The van der Waals surface area contributed by atoms with Crippen molar-refractivity contribution in [3.63, 3.8) is 0 Å². The first kappa shape index (κ1) is 11.0. The Bertz CT molecular complexity index is 426. The van der Waals surface area contributed by atoms with Crippen LogP contribution in [0, 0.1) is 11.3 Å². The summed E-state index contributed by atoms with van der Waals surface area (Å²) in [6.07, 6.45) is 0. The van der Waals surface area contributed by atoms with Crippen molar-refractivity contribution in [3.8, 4) is 6.07 Å². The van der Waals surface area contributed by atoms with Crippen LogP contribution in [0.2, 0.25) is 5.02 Å². The van der Waals surface area contributed by atoms with E-state index in [9.17, 15) is 4.79 Å². The van der Waals surface area contributed by atoms with Crippen LogP contribution >= 0.6 is 27.5 Å². The second-order valence-corrected chi connectivity index (χ2v) is 3.50. The fourth-order valence-corrected chi connectivity index (χ4v) is 2.08. The molecule has 0 saturated carbocycles. The molecule has 0 spiro atoms. The fraction of sp³-hybridized carbons (Fsp3) is 0.111. The van der Waals surface area contributed by atoms with Crippen molar-refractivity contribution in [2.24, 2.45) is 0 Å². The third-order valence-electron chi connectivity index (χ3n) is 1.69. The minimum atomic E-state index is -1.08. The van der Waals surface area contributed by atoms with E-state index in [4.69, 9.17) is 22.0 Å². The van der Waals surface area contributed by atoms with Crippen LogP contribution in [-0.2, 0) is 5.33 Å². The highest BCUT2D eigenvalue weighted by molar-refractivity contribution is 9.08. The van der Waals surface area contributed by atoms with E-state index in [0.717, 1.165) is 0 Å². The zero-order chi connectivity index (χ0) is 10.7. The summed E-state index contributed by atoms with van der Waals surface area (Å²) in [5.74, 6) is -1.08. The maximum Gasteiger partial charge on any atom is 0.336 e. The van der Waals surface area contributed by atoms with Crippen LogP contribution < -0.4 is 0 Å². The van der Waals surface area contributed by atoms with Gasteiger partial charge < -0.3 is 5.11 Å². The van der Waals surface area contributed by atoms with E-state index in [2.05, 4.69) is 15.9 Å². The number of aromatic carboxylic acids is 1. The maximum atomic E-state index is 10.8. The number of carbonyl (C=O) groups is 1. The predicted octanol–water partition coefficient (Wildman–Crippen LogP) is 2.80. The molecule has 0 aliphatic rings. The Morgan fingerprint density at radius 2 is 2.29 bits per heavy atom. The number of carboxylic acid groups (broad SMARTS) is 1. The molecule has 3 nitrogen and oxygen atoms in total. The second kappa shape index (κ2) is 4.45. The first-order chi connectivity index (χ1) is 6.60. The summed E-state index contributed by atoms with van der Waals surface area (Å²) >= 11 is 8.96. The first-order valence-corrected chi connectivity index (χ1v) is 5.12. The Hall–Kier alpha value is -1.05. The van der Waals surface area contributed by atoms with Gasteiger partial charge in [-0.1, -0.05) is 27.5 Å². The van der Waals surface area contributed by atoms with E-state index in [1.165, 1.54) is 12.1 Å². The number of nitriles is 1. The molecule has 1 aromatic carbocycles. The van der Waals surface area contributed by atoms with Gasteiger partial charge in [0.05, 0.1) is 17.2 Å². The molecule has 0 aromatic heterocycles. The minimum Gasteiger partial charge on any atom is -0.478 e. The SMILES string of the molecule is N#Cc1cc(Cl)c(CBr)c(C(=O)O)c1. The number of nitrogens with zero attached hydrogens (tertiary/aromatic N) is 1. The van der Waals surface area contributed by atoms with Gasteiger partial charge >= 0.3 is 5.97 Å². The molecule has 1 N–H and O–H groups in total. The van der Waals surface area contributed by atoms with Crippen molar-refractivity contribution in [1.29, 1.82) is 5.26 Å². The van der Waals surface area contributed by atoms with E-state index in [1.807, 2.05) is 6.07 Å². The number of halogens is 2. The number of hydrogen-bond acceptors (Lipinski definition) is 2. The highest BCUT2D eigenvalue weighted by Gasteiger charge is 2.14. The Labute approximate surface area is 94.0 Å². The van der Waals surface area contributed by atoms with Gasteiger partial charge in [-0.05, 0) is 17.7 Å². The molecule has 0 saturated heterocycles. The van der Waals surface area contributed by atoms with Crippen LogP contribution in [0.25, 0.3) is 0 Å². The third-order valence-corrected chi connectivity index (χ3v) is 2.59. The Balaban J connectivity index is 3.45. The van der Waals surface area contributed by atoms with Crippen molar-refractivity contribution < 1.29 is 9.90 Å². The number of rotatable bonds is 2. The molecule has 0 bridgehead atoms. The Kier molecular flexibility index (Phi) is 3.50. The van der Waals surface area contributed by atoms with Gasteiger partial charge in [0, 0.05) is 10.4 Å². The van der Waals surface area contributed by atoms with Crippen LogP contribution in [0.5, 0.6) is 0 Å². The Morgan fingerprint density at radius 1 is 1.64 bits per heavy atom. The molecule has 1 aromatic rings. The Morgan fingerprint density at radius 3 is 2.71 bits per heavy atom. The lowest BCUT2D eigenvalue weighted by Gasteiger charge is -2.05. The summed E-state index contributed by atoms with van der Waals surface area (Å²) in [7, 11) is 0. The molecule has 0 atom stereocenters. The zero-order valence-corrected chi connectivity index (χ0v) is 9.26. The van der Waals surface area contributed by atoms with Gasteiger partial charge in [0.2, 0.25) is 0 Å². The normalized spacial score (nSPS) is 9.50. The van der Waals surface area contributed by atoms with Gasteiger partial charge in [-0.3, -0.25) is 0 Å². The van der Waals surface area contributed by atoms with Crippen molar-refractivity contribution in [1.82, 2.24) is 0 Å². The molecule has 0 fully saturated rings. The molecule has 0 radical (unpaired) electrons. The molecule has 1 rings (SSSR count). The molecule has 72 valence electrons. The lowest BCUT2D eigenvalue weighted by molar-refractivity contribution is 0.0696. The quantitative estimate of drug-likeness (QED) is 0.844. The second-order valence-electron chi connectivity index (χ2n) is 2.53. The lowest BCUT2D eigenvalue weighted by Crippen LogP contribution is -2.02. The molecule has 0 aliphatic heterocycles. The van der Waals surface area contributed by atoms with Crippen LogP contribution in [0.4, 0.5) is 0 Å². The first-order valence-electron chi connectivity index (χ1n) is 3.62. The van der Waals surface area contributed by atoms with Gasteiger partial charge in [0.1, 0.15) is 0 Å². The molecule has 0 aliphatic carbocycles. The number of alkyl halides is 1. The van der Waals surface area contributed by atoms with Gasteiger partial charge in [0.25, 0.3) is 0 Å². The largest absolute Gasteiger partial charge is 0.478 e. The van der Waals surface area contributed by atoms with E-state index in [-0.39, 0.29) is 11.1 Å². The van der Waals surface area contributed by atoms with Crippen molar-refractivity contribution in [2.75, 3.05) is 0 Å². The van der Waals surface area contributed by atoms with Gasteiger partial charge in [-0.2, -0.15) is 5.26 Å². The third kappa shape index (κ3) is 2.06.